The van der Waals surface area contributed by atoms with E-state index in [9.17, 15) is 20.4 Å². The van der Waals surface area contributed by atoms with Gasteiger partial charge in [0, 0.05) is 0 Å². The lowest BCUT2D eigenvalue weighted by atomic mass is 9.69. The quantitative estimate of drug-likeness (QED) is 0.577. The highest BCUT2D eigenvalue weighted by atomic mass is 16.7. The van der Waals surface area contributed by atoms with Gasteiger partial charge in [-0.1, -0.05) is 13.8 Å². The summed E-state index contributed by atoms with van der Waals surface area (Å²) in [5.41, 5.74) is 0.219. The van der Waals surface area contributed by atoms with Crippen molar-refractivity contribution < 1.29 is 29.9 Å². The van der Waals surface area contributed by atoms with Crippen LogP contribution in [0.3, 0.4) is 0 Å². The molecule has 0 radical (unpaired) electrons. The summed E-state index contributed by atoms with van der Waals surface area (Å²) in [5, 5.41) is 38.8. The van der Waals surface area contributed by atoms with Gasteiger partial charge in [0.15, 0.2) is 6.29 Å². The Morgan fingerprint density at radius 3 is 2.41 bits per heavy atom. The third-order valence-electron chi connectivity index (χ3n) is 6.34. The van der Waals surface area contributed by atoms with Crippen LogP contribution in [0.5, 0.6) is 0 Å². The summed E-state index contributed by atoms with van der Waals surface area (Å²) in [7, 11) is 0. The maximum absolute atomic E-state index is 10.0. The topological polar surface area (TPSA) is 99.4 Å². The Kier molecular flexibility index (Phi) is 4.53. The molecule has 0 aromatic carbocycles. The molecule has 1 saturated heterocycles. The lowest BCUT2D eigenvalue weighted by Gasteiger charge is -2.42. The Morgan fingerprint density at radius 1 is 1.09 bits per heavy atom. The first-order chi connectivity index (χ1) is 10.4. The molecule has 128 valence electrons. The van der Waals surface area contributed by atoms with Crippen molar-refractivity contribution in [2.75, 3.05) is 13.2 Å². The van der Waals surface area contributed by atoms with Crippen LogP contribution in [0.25, 0.3) is 0 Å². The van der Waals surface area contributed by atoms with E-state index >= 15 is 0 Å². The van der Waals surface area contributed by atoms with Gasteiger partial charge in [0.25, 0.3) is 0 Å². The van der Waals surface area contributed by atoms with Gasteiger partial charge in [0.1, 0.15) is 24.4 Å². The Hall–Kier alpha value is -0.240. The van der Waals surface area contributed by atoms with Crippen LogP contribution in [0.1, 0.15) is 33.1 Å². The third kappa shape index (κ3) is 2.60. The van der Waals surface area contributed by atoms with Crippen molar-refractivity contribution in [3.63, 3.8) is 0 Å². The number of fused-ring (bicyclic) bond motifs is 2. The van der Waals surface area contributed by atoms with E-state index in [0.29, 0.717) is 18.4 Å². The van der Waals surface area contributed by atoms with Crippen molar-refractivity contribution in [1.82, 2.24) is 0 Å². The van der Waals surface area contributed by atoms with Crippen molar-refractivity contribution in [2.24, 2.45) is 23.2 Å². The molecule has 0 spiro atoms. The van der Waals surface area contributed by atoms with Crippen LogP contribution in [0.15, 0.2) is 0 Å². The minimum absolute atomic E-state index is 0.219. The normalized spacial score (nSPS) is 50.5. The summed E-state index contributed by atoms with van der Waals surface area (Å²) >= 11 is 0. The highest BCUT2D eigenvalue weighted by molar-refractivity contribution is 5.01. The van der Waals surface area contributed by atoms with Crippen LogP contribution in [0, 0.1) is 23.2 Å². The maximum atomic E-state index is 10.0. The average Bonchev–Trinajstić information content (AvgIpc) is 3.04. The Balaban J connectivity index is 1.61. The van der Waals surface area contributed by atoms with Gasteiger partial charge >= 0.3 is 0 Å². The van der Waals surface area contributed by atoms with Gasteiger partial charge in [-0.05, 0) is 42.4 Å². The summed E-state index contributed by atoms with van der Waals surface area (Å²) in [4.78, 5) is 0. The van der Waals surface area contributed by atoms with Gasteiger partial charge in [-0.25, -0.2) is 0 Å². The second kappa shape index (κ2) is 6.00. The molecule has 2 aliphatic carbocycles. The standard InChI is InChI=1S/C16H28O6/c1-16(2)9-4-3-8(5-9)10(16)7-21-15-14(20)13(19)12(18)11(6-17)22-15/h8-15,17-20H,3-7H2,1-2H3/t8-,9+,10-,11-,12-,13+,14-,15-/m1/s1. The van der Waals surface area contributed by atoms with Gasteiger partial charge in [0.05, 0.1) is 13.2 Å². The Labute approximate surface area is 131 Å². The molecule has 6 nitrogen and oxygen atoms in total. The fourth-order valence-corrected chi connectivity index (χ4v) is 4.72. The predicted octanol–water partition coefficient (Wildman–Crippen LogP) is -0.125. The van der Waals surface area contributed by atoms with E-state index in [-0.39, 0.29) is 5.41 Å². The van der Waals surface area contributed by atoms with Crippen LogP contribution >= 0.6 is 0 Å². The van der Waals surface area contributed by atoms with Crippen molar-refractivity contribution in [2.45, 2.75) is 63.8 Å². The SMILES string of the molecule is CC1(C)[C@H]2CC[C@H](C2)[C@H]1CO[C@@H]1O[C@H](CO)[C@@H](O)[C@H](O)[C@H]1O. The Morgan fingerprint density at radius 2 is 1.82 bits per heavy atom. The summed E-state index contributed by atoms with van der Waals surface area (Å²) < 4.78 is 11.2. The van der Waals surface area contributed by atoms with Gasteiger partial charge in [-0.15, -0.1) is 0 Å². The fraction of sp³-hybridized carbons (Fsp3) is 1.00. The minimum atomic E-state index is -1.37. The van der Waals surface area contributed by atoms with Crippen LogP contribution in [-0.4, -0.2) is 64.3 Å². The molecule has 3 fully saturated rings. The predicted molar refractivity (Wildman–Crippen MR) is 77.8 cm³/mol. The molecule has 4 N–H and O–H groups in total. The second-order valence-corrected chi connectivity index (χ2v) is 7.73. The Bertz CT molecular complexity index is 398. The van der Waals surface area contributed by atoms with E-state index in [4.69, 9.17) is 9.47 Å². The highest BCUT2D eigenvalue weighted by Crippen LogP contribution is 2.59. The number of hydrogen-bond acceptors (Lipinski definition) is 6. The highest BCUT2D eigenvalue weighted by Gasteiger charge is 2.53. The molecule has 3 rings (SSSR count). The van der Waals surface area contributed by atoms with E-state index in [2.05, 4.69) is 13.8 Å². The van der Waals surface area contributed by atoms with E-state index < -0.39 is 37.3 Å². The van der Waals surface area contributed by atoms with E-state index in [1.165, 1.54) is 19.3 Å². The summed E-state index contributed by atoms with van der Waals surface area (Å²) in [6.07, 6.45) is -2.16. The molecule has 22 heavy (non-hydrogen) atoms. The van der Waals surface area contributed by atoms with Crippen molar-refractivity contribution in [3.8, 4) is 0 Å². The number of aliphatic hydroxyl groups excluding tert-OH is 4. The van der Waals surface area contributed by atoms with Crippen LogP contribution < -0.4 is 0 Å². The van der Waals surface area contributed by atoms with E-state index in [0.717, 1.165) is 5.92 Å². The van der Waals surface area contributed by atoms with E-state index in [1.807, 2.05) is 0 Å². The van der Waals surface area contributed by atoms with Crippen LogP contribution in [0.4, 0.5) is 0 Å². The minimum Gasteiger partial charge on any atom is -0.394 e. The van der Waals surface area contributed by atoms with Crippen molar-refractivity contribution in [1.29, 1.82) is 0 Å². The lowest BCUT2D eigenvalue weighted by Crippen LogP contribution is -2.59. The van der Waals surface area contributed by atoms with Gasteiger partial charge in [0.2, 0.25) is 0 Å². The summed E-state index contributed by atoms with van der Waals surface area (Å²) in [5.74, 6) is 1.81. The molecule has 2 saturated carbocycles. The molecule has 8 atom stereocenters. The lowest BCUT2D eigenvalue weighted by molar-refractivity contribution is -0.305. The first kappa shape index (κ1) is 16.6. The van der Waals surface area contributed by atoms with Crippen LogP contribution in [-0.2, 0) is 9.47 Å². The van der Waals surface area contributed by atoms with Gasteiger partial charge in [-0.3, -0.25) is 0 Å². The van der Waals surface area contributed by atoms with Gasteiger partial charge in [-0.2, -0.15) is 0 Å². The summed E-state index contributed by atoms with van der Waals surface area (Å²) in [6, 6.07) is 0. The molecule has 2 bridgehead atoms. The number of aliphatic hydroxyl groups is 4. The number of hydrogen-bond donors (Lipinski definition) is 4. The zero-order valence-electron chi connectivity index (χ0n) is 13.3. The largest absolute Gasteiger partial charge is 0.394 e. The third-order valence-corrected chi connectivity index (χ3v) is 6.34. The first-order valence-corrected chi connectivity index (χ1v) is 8.28. The first-order valence-electron chi connectivity index (χ1n) is 8.28. The monoisotopic (exact) mass is 316 g/mol. The molecule has 1 heterocycles. The molecule has 0 amide bonds. The second-order valence-electron chi connectivity index (χ2n) is 7.73. The molecule has 0 aromatic heterocycles. The number of rotatable bonds is 4. The fourth-order valence-electron chi connectivity index (χ4n) is 4.72. The zero-order chi connectivity index (χ0) is 16.1. The summed E-state index contributed by atoms with van der Waals surface area (Å²) in [6.45, 7) is 4.59. The smallest absolute Gasteiger partial charge is 0.186 e. The maximum Gasteiger partial charge on any atom is 0.186 e. The molecular formula is C16H28O6. The molecule has 1 aliphatic heterocycles. The molecule has 0 unspecified atom stereocenters. The van der Waals surface area contributed by atoms with Crippen molar-refractivity contribution >= 4 is 0 Å². The molecular weight excluding hydrogens is 288 g/mol. The zero-order valence-corrected chi connectivity index (χ0v) is 13.3. The van der Waals surface area contributed by atoms with Crippen molar-refractivity contribution in [3.05, 3.63) is 0 Å². The average molecular weight is 316 g/mol. The molecule has 0 aromatic rings. The number of ether oxygens (including phenoxy) is 2. The molecule has 6 heteroatoms. The van der Waals surface area contributed by atoms with Crippen LogP contribution in [0.2, 0.25) is 0 Å². The van der Waals surface area contributed by atoms with Gasteiger partial charge < -0.3 is 29.9 Å². The van der Waals surface area contributed by atoms with E-state index in [1.54, 1.807) is 0 Å². The molecule has 3 aliphatic rings.